The second kappa shape index (κ2) is 29.0. The van der Waals surface area contributed by atoms with E-state index in [1.807, 2.05) is 76.6 Å². The van der Waals surface area contributed by atoms with E-state index in [2.05, 4.69) is 42.5 Å². The number of hydrogen-bond acceptors (Lipinski definition) is 21. The molecule has 0 spiro atoms. The summed E-state index contributed by atoms with van der Waals surface area (Å²) in [6.07, 6.45) is 12.8. The molecule has 6 aliphatic carbocycles. The quantitative estimate of drug-likeness (QED) is 0.0388. The number of allylic oxidation sites excluding steroid dienone is 2. The van der Waals surface area contributed by atoms with E-state index in [4.69, 9.17) is 20.3 Å². The molecule has 524 valence electrons. The molecule has 8 fully saturated rings. The molecule has 4 aromatic heterocycles. The number of carbonyl (C=O) groups excluding carboxylic acids is 7. The van der Waals surface area contributed by atoms with Crippen LogP contribution in [0.25, 0.3) is 21.1 Å². The van der Waals surface area contributed by atoms with Gasteiger partial charge in [0.1, 0.15) is 18.0 Å². The van der Waals surface area contributed by atoms with E-state index < -0.39 is 112 Å². The van der Waals surface area contributed by atoms with Crippen molar-refractivity contribution in [2.45, 2.75) is 192 Å². The number of sulfonamides is 2. The number of nitrogens with zero attached hydrogens (tertiary/aromatic N) is 6. The highest BCUT2D eigenvalue weighted by Gasteiger charge is 2.63. The molecule has 8 aliphatic rings. The molecular formula is C69H89N9O15S4. The smallest absolute Gasteiger partial charge is 0.317 e. The number of ether oxygens (including phenoxy) is 2. The third-order valence-electron chi connectivity index (χ3n) is 19.7. The van der Waals surface area contributed by atoms with Crippen molar-refractivity contribution < 1.29 is 69.8 Å². The Hall–Kier alpha value is -7.14. The average Bonchev–Trinajstić information content (AvgIpc) is 1.58. The molecule has 6 saturated carbocycles. The van der Waals surface area contributed by atoms with Crippen molar-refractivity contribution in [3.05, 3.63) is 84.9 Å². The Balaban J connectivity index is 0.000000192. The number of carboxylic acid groups (broad SMARTS) is 1. The first-order valence-corrected chi connectivity index (χ1v) is 38.2. The molecule has 24 nitrogen and oxygen atoms in total. The van der Waals surface area contributed by atoms with Gasteiger partial charge < -0.3 is 30.1 Å². The first kappa shape index (κ1) is 72.6. The summed E-state index contributed by atoms with van der Waals surface area (Å²) in [5, 5.41) is 10.8. The fourth-order valence-corrected chi connectivity index (χ4v) is 16.9. The molecular weight excluding hydrogens is 1320 g/mol. The Kier molecular flexibility index (Phi) is 21.7. The number of rotatable bonds is 28. The van der Waals surface area contributed by atoms with Gasteiger partial charge in [0.15, 0.2) is 11.6 Å². The van der Waals surface area contributed by atoms with Crippen LogP contribution in [0.15, 0.2) is 84.9 Å². The van der Waals surface area contributed by atoms with Crippen LogP contribution in [0, 0.1) is 51.2 Å². The number of amides is 4. The van der Waals surface area contributed by atoms with Crippen LogP contribution < -0.4 is 24.7 Å². The van der Waals surface area contributed by atoms with Crippen LogP contribution in [-0.2, 0) is 58.4 Å². The standard InChI is InChI=1S/C35H44N4O7S2.C29H37N5O6S2.C5H8O2/c1-5-22-18-35(22,32(43)38-48(44,45)25-10-11-25)19-29(41)28-17-24(46-33-36-13-12-27(37-33)30-7-6-14-47-30)20-39(28)31(42)26(34(2,3)4)16-23(40)15-21-8-9-21;1-5-17-14-29(17,26(37)33-42(38,39)19-8-9-19)15-22(35)21-13-18(16-34(21)25(36)24(30)28(2,3)4)40-27-31-11-10-20(32-27)23-7-6-12-41-23;6-5(7)3-4-1-2-4/h5-7,12-14,21-22,24-26,28H,1,8-11,15-20H2,2-4H3,(H,38,43);5-7,10-12,17-19,21,24H,1,8-9,13-16,30H2,2-4H3,(H,33,37);4H,1-3H2,(H,6,7)/t22?,24-,26-,28+,35-;17?,18-,21+,24-,29-;/m11./s1. The minimum absolute atomic E-state index is 0.0405. The van der Waals surface area contributed by atoms with Gasteiger partial charge in [-0.05, 0) is 134 Å². The molecule has 2 saturated heterocycles. The van der Waals surface area contributed by atoms with Gasteiger partial charge in [-0.1, -0.05) is 65.8 Å². The van der Waals surface area contributed by atoms with Gasteiger partial charge in [-0.2, -0.15) is 9.97 Å². The third kappa shape index (κ3) is 18.0. The fraction of sp³-hybridized carbons (Fsp3) is 0.594. The maximum absolute atomic E-state index is 14.4. The lowest BCUT2D eigenvalue weighted by Gasteiger charge is -2.35. The molecule has 0 bridgehead atoms. The van der Waals surface area contributed by atoms with Crippen molar-refractivity contribution >= 4 is 89.7 Å². The molecule has 6 heterocycles. The van der Waals surface area contributed by atoms with E-state index >= 15 is 0 Å². The lowest BCUT2D eigenvalue weighted by atomic mass is 9.76. The number of Topliss-reactive ketones (excluding diaryl/α,β-unsaturated/α-hetero) is 3. The molecule has 12 rings (SSSR count). The minimum Gasteiger partial charge on any atom is -0.481 e. The zero-order valence-electron chi connectivity index (χ0n) is 55.8. The molecule has 0 radical (unpaired) electrons. The average molecular weight is 1410 g/mol. The van der Waals surface area contributed by atoms with Crippen LogP contribution in [0.5, 0.6) is 12.0 Å². The van der Waals surface area contributed by atoms with Gasteiger partial charge >= 0.3 is 18.0 Å². The molecule has 10 atom stereocenters. The molecule has 5 N–H and O–H groups in total. The lowest BCUT2D eigenvalue weighted by molar-refractivity contribution is -0.146. The SMILES string of the molecule is C=CC1C[C@]1(CC(=O)[C@@H]1C[C@@H](Oc2nccc(-c3cccs3)n2)CN1C(=O)[C@@H](CC(=O)CC1CC1)C(C)(C)C)C(=O)NS(=O)(=O)C1CC1.C=CC1C[C@]1(CC(=O)[C@@H]1C[C@@H](Oc2nccc(-c3cccs3)n2)CN1C(=O)[C@@H](N)C(C)(C)C)C(=O)NS(=O)(=O)C1CC1.O=C(O)CC1CC1. The number of nitrogens with two attached hydrogens (primary N) is 1. The Labute approximate surface area is 574 Å². The van der Waals surface area contributed by atoms with E-state index in [1.54, 1.807) is 36.7 Å². The van der Waals surface area contributed by atoms with Crippen LogP contribution >= 0.6 is 22.7 Å². The van der Waals surface area contributed by atoms with Gasteiger partial charge in [0, 0.05) is 63.3 Å². The van der Waals surface area contributed by atoms with E-state index in [0.29, 0.717) is 74.6 Å². The highest BCUT2D eigenvalue weighted by molar-refractivity contribution is 7.91. The molecule has 2 aliphatic heterocycles. The number of aliphatic carboxylic acids is 1. The molecule has 4 amide bonds. The molecule has 0 aromatic carbocycles. The summed E-state index contributed by atoms with van der Waals surface area (Å²) in [5.41, 5.74) is 4.11. The predicted molar refractivity (Wildman–Crippen MR) is 363 cm³/mol. The van der Waals surface area contributed by atoms with Gasteiger partial charge in [-0.3, -0.25) is 47.8 Å². The Morgan fingerprint density at radius 2 is 1.07 bits per heavy atom. The van der Waals surface area contributed by atoms with Crippen LogP contribution in [0.4, 0.5) is 0 Å². The highest BCUT2D eigenvalue weighted by atomic mass is 32.2. The summed E-state index contributed by atoms with van der Waals surface area (Å²) in [6, 6.07) is 8.78. The number of ketones is 3. The van der Waals surface area contributed by atoms with Crippen molar-refractivity contribution in [1.29, 1.82) is 0 Å². The lowest BCUT2D eigenvalue weighted by Crippen LogP contribution is -2.53. The van der Waals surface area contributed by atoms with Gasteiger partial charge in [0.25, 0.3) is 0 Å². The van der Waals surface area contributed by atoms with E-state index in [-0.39, 0.29) is 92.3 Å². The maximum Gasteiger partial charge on any atom is 0.317 e. The number of aromatic nitrogens is 4. The first-order valence-electron chi connectivity index (χ1n) is 33.3. The van der Waals surface area contributed by atoms with Crippen molar-refractivity contribution in [3.8, 4) is 33.2 Å². The van der Waals surface area contributed by atoms with Gasteiger partial charge in [0.2, 0.25) is 43.7 Å². The Morgan fingerprint density at radius 3 is 1.41 bits per heavy atom. The van der Waals surface area contributed by atoms with Gasteiger partial charge in [-0.25, -0.2) is 26.8 Å². The summed E-state index contributed by atoms with van der Waals surface area (Å²) in [7, 11) is -7.61. The Bertz CT molecular complexity index is 3880. The highest BCUT2D eigenvalue weighted by Crippen LogP contribution is 2.58. The monoisotopic (exact) mass is 1410 g/mol. The van der Waals surface area contributed by atoms with E-state index in [0.717, 1.165) is 35.4 Å². The third-order valence-corrected chi connectivity index (χ3v) is 25.1. The number of hydrogen-bond donors (Lipinski definition) is 4. The van der Waals surface area contributed by atoms with Crippen LogP contribution in [0.1, 0.15) is 151 Å². The van der Waals surface area contributed by atoms with Crippen molar-refractivity contribution in [2.24, 2.45) is 57.0 Å². The number of thiophene rings is 2. The molecule has 28 heteroatoms. The van der Waals surface area contributed by atoms with Gasteiger partial charge in [-0.15, -0.1) is 35.8 Å². The van der Waals surface area contributed by atoms with Crippen LogP contribution in [0.3, 0.4) is 0 Å². The second-order valence-electron chi connectivity index (χ2n) is 29.6. The zero-order chi connectivity index (χ0) is 70.2. The molecule has 4 aromatic rings. The van der Waals surface area contributed by atoms with Crippen LogP contribution in [0.2, 0.25) is 0 Å². The molecule has 97 heavy (non-hydrogen) atoms. The summed E-state index contributed by atoms with van der Waals surface area (Å²) in [4.78, 5) is 128. The number of nitrogens with one attached hydrogen (secondary N) is 2. The van der Waals surface area contributed by atoms with Crippen LogP contribution in [-0.4, -0.2) is 153 Å². The summed E-state index contributed by atoms with van der Waals surface area (Å²) in [5.74, 6) is -3.90. The topological polar surface area (TPSA) is 352 Å². The number of carboxylic acids is 1. The molecule has 2 unspecified atom stereocenters. The second-order valence-corrected chi connectivity index (χ2v) is 35.4. The minimum atomic E-state index is -3.82. The summed E-state index contributed by atoms with van der Waals surface area (Å²) < 4.78 is 67.0. The van der Waals surface area contributed by atoms with Gasteiger partial charge in [0.05, 0.1) is 73.7 Å². The zero-order valence-corrected chi connectivity index (χ0v) is 59.0. The Morgan fingerprint density at radius 1 is 0.649 bits per heavy atom. The van der Waals surface area contributed by atoms with Crippen molar-refractivity contribution in [3.63, 3.8) is 0 Å². The van der Waals surface area contributed by atoms with Crippen molar-refractivity contribution in [1.82, 2.24) is 39.2 Å². The van der Waals surface area contributed by atoms with Crippen molar-refractivity contribution in [2.75, 3.05) is 13.1 Å². The van der Waals surface area contributed by atoms with E-state index in [9.17, 15) is 55.2 Å². The number of likely N-dealkylation sites (tertiary alicyclic amines) is 2. The predicted octanol–water partition coefficient (Wildman–Crippen LogP) is 8.29. The normalized spacial score (nSPS) is 25.7. The number of carbonyl (C=O) groups is 8. The first-order chi connectivity index (χ1) is 45.7. The fourth-order valence-electron chi connectivity index (χ4n) is 12.7. The summed E-state index contributed by atoms with van der Waals surface area (Å²) in [6.45, 7) is 19.0. The van der Waals surface area contributed by atoms with E-state index in [1.165, 1.54) is 32.5 Å². The largest absolute Gasteiger partial charge is 0.481 e. The maximum atomic E-state index is 14.4. The summed E-state index contributed by atoms with van der Waals surface area (Å²) >= 11 is 3.06.